The Balaban J connectivity index is 0.00000264. The van der Waals surface area contributed by atoms with Gasteiger partial charge in [-0.15, -0.1) is 24.0 Å². The summed E-state index contributed by atoms with van der Waals surface area (Å²) >= 11 is 1.99. The highest BCUT2D eigenvalue weighted by molar-refractivity contribution is 14.0. The molecule has 0 saturated carbocycles. The van der Waals surface area contributed by atoms with Crippen molar-refractivity contribution in [2.24, 2.45) is 4.99 Å². The lowest BCUT2D eigenvalue weighted by molar-refractivity contribution is 0.577. The van der Waals surface area contributed by atoms with E-state index in [9.17, 15) is 8.78 Å². The van der Waals surface area contributed by atoms with Gasteiger partial charge in [-0.2, -0.15) is 11.8 Å². The zero-order valence-corrected chi connectivity index (χ0v) is 16.6. The van der Waals surface area contributed by atoms with Crippen molar-refractivity contribution < 1.29 is 8.78 Å². The second-order valence-corrected chi connectivity index (χ2v) is 7.46. The molecule has 1 fully saturated rings. The Morgan fingerprint density at radius 1 is 1.26 bits per heavy atom. The Labute approximate surface area is 158 Å². The van der Waals surface area contributed by atoms with Crippen LogP contribution in [-0.2, 0) is 6.42 Å². The third-order valence-electron chi connectivity index (χ3n) is 3.78. The summed E-state index contributed by atoms with van der Waals surface area (Å²) in [6.45, 7) is 3.71. The Hall–Kier alpha value is -0.570. The van der Waals surface area contributed by atoms with E-state index in [1.165, 1.54) is 30.7 Å². The minimum absolute atomic E-state index is 0. The molecule has 0 radical (unpaired) electrons. The molecule has 1 aliphatic rings. The van der Waals surface area contributed by atoms with Crippen molar-refractivity contribution >= 4 is 41.7 Å². The van der Waals surface area contributed by atoms with Gasteiger partial charge in [-0.25, -0.2) is 8.78 Å². The van der Waals surface area contributed by atoms with Gasteiger partial charge in [0.25, 0.3) is 0 Å². The fourth-order valence-corrected chi connectivity index (χ4v) is 3.79. The maximum atomic E-state index is 13.1. The van der Waals surface area contributed by atoms with Crippen LogP contribution in [0.4, 0.5) is 8.78 Å². The first-order valence-electron chi connectivity index (χ1n) is 7.54. The molecule has 0 amide bonds. The van der Waals surface area contributed by atoms with E-state index in [0.717, 1.165) is 18.6 Å². The lowest BCUT2D eigenvalue weighted by Gasteiger charge is -2.24. The van der Waals surface area contributed by atoms with Gasteiger partial charge in [0.2, 0.25) is 0 Å². The number of thioether (sulfide) groups is 1. The average molecular weight is 455 g/mol. The second-order valence-electron chi connectivity index (χ2n) is 5.78. The lowest BCUT2D eigenvalue weighted by atomic mass is 10.1. The van der Waals surface area contributed by atoms with E-state index in [-0.39, 0.29) is 28.7 Å². The molecule has 1 aromatic carbocycles. The number of guanidine groups is 1. The minimum Gasteiger partial charge on any atom is -0.356 e. The monoisotopic (exact) mass is 455 g/mol. The second kappa shape index (κ2) is 9.66. The van der Waals surface area contributed by atoms with E-state index >= 15 is 0 Å². The van der Waals surface area contributed by atoms with Crippen molar-refractivity contribution in [1.29, 1.82) is 0 Å². The van der Waals surface area contributed by atoms with Gasteiger partial charge in [0.05, 0.1) is 0 Å². The molecule has 130 valence electrons. The Morgan fingerprint density at radius 2 is 1.96 bits per heavy atom. The predicted molar refractivity (Wildman–Crippen MR) is 105 cm³/mol. The van der Waals surface area contributed by atoms with Crippen molar-refractivity contribution in [1.82, 2.24) is 10.6 Å². The van der Waals surface area contributed by atoms with Crippen molar-refractivity contribution in [2.45, 2.75) is 30.9 Å². The third-order valence-corrected chi connectivity index (χ3v) is 5.32. The van der Waals surface area contributed by atoms with Gasteiger partial charge in [-0.05, 0) is 49.6 Å². The molecule has 0 bridgehead atoms. The molecular weight excluding hydrogens is 431 g/mol. The summed E-state index contributed by atoms with van der Waals surface area (Å²) in [5, 5.41) is 6.51. The summed E-state index contributed by atoms with van der Waals surface area (Å²) in [7, 11) is 1.72. The van der Waals surface area contributed by atoms with Crippen LogP contribution in [0.15, 0.2) is 23.2 Å². The van der Waals surface area contributed by atoms with Gasteiger partial charge < -0.3 is 10.6 Å². The number of rotatable bonds is 5. The van der Waals surface area contributed by atoms with Crippen molar-refractivity contribution in [3.05, 3.63) is 35.4 Å². The zero-order valence-electron chi connectivity index (χ0n) is 13.5. The molecule has 0 aromatic heterocycles. The summed E-state index contributed by atoms with van der Waals surface area (Å²) in [5.74, 6) is 0.869. The van der Waals surface area contributed by atoms with Crippen molar-refractivity contribution in [2.75, 3.05) is 25.9 Å². The number of hydrogen-bond donors (Lipinski definition) is 2. The van der Waals surface area contributed by atoms with Gasteiger partial charge in [-0.3, -0.25) is 4.99 Å². The predicted octanol–water partition coefficient (Wildman–Crippen LogP) is 3.58. The summed E-state index contributed by atoms with van der Waals surface area (Å²) in [6.07, 6.45) is 3.02. The summed E-state index contributed by atoms with van der Waals surface area (Å²) in [5.41, 5.74) is 0.638. The van der Waals surface area contributed by atoms with Gasteiger partial charge in [0.1, 0.15) is 11.6 Å². The topological polar surface area (TPSA) is 36.4 Å². The first-order valence-corrected chi connectivity index (χ1v) is 8.53. The number of aliphatic imine (C=N–C) groups is 1. The highest BCUT2D eigenvalue weighted by Gasteiger charge is 2.29. The molecule has 23 heavy (non-hydrogen) atoms. The number of benzene rings is 1. The fraction of sp³-hybridized carbons (Fsp3) is 0.562. The highest BCUT2D eigenvalue weighted by Crippen LogP contribution is 2.36. The van der Waals surface area contributed by atoms with Crippen LogP contribution in [0, 0.1) is 11.6 Å². The van der Waals surface area contributed by atoms with E-state index in [2.05, 4.69) is 22.5 Å². The number of hydrogen-bond acceptors (Lipinski definition) is 2. The maximum Gasteiger partial charge on any atom is 0.191 e. The standard InChI is InChI=1S/C16H23F2N3S.HI/c1-16(5-3-7-22-16)11-21-15(19-2)20-6-4-12-8-13(17)10-14(18)9-12;/h8-10H,3-7,11H2,1-2H3,(H2,19,20,21);1H. The van der Waals surface area contributed by atoms with E-state index in [1.54, 1.807) is 7.05 Å². The van der Waals surface area contributed by atoms with Gasteiger partial charge in [-0.1, -0.05) is 0 Å². The molecular formula is C16H24F2IN3S. The number of halogens is 3. The molecule has 1 aromatic rings. The van der Waals surface area contributed by atoms with Crippen molar-refractivity contribution in [3.63, 3.8) is 0 Å². The number of nitrogens with one attached hydrogen (secondary N) is 2. The molecule has 1 atom stereocenters. The molecule has 2 rings (SSSR count). The maximum absolute atomic E-state index is 13.1. The Bertz CT molecular complexity index is 514. The summed E-state index contributed by atoms with van der Waals surface area (Å²) in [6, 6.07) is 3.60. The molecule has 0 aliphatic carbocycles. The van der Waals surface area contributed by atoms with Gasteiger partial charge in [0.15, 0.2) is 5.96 Å². The molecule has 3 nitrogen and oxygen atoms in total. The molecule has 1 unspecified atom stereocenters. The van der Waals surface area contributed by atoms with Gasteiger partial charge in [0, 0.05) is 31.0 Å². The fourth-order valence-electron chi connectivity index (χ4n) is 2.55. The van der Waals surface area contributed by atoms with Crippen LogP contribution in [0.1, 0.15) is 25.3 Å². The molecule has 1 heterocycles. The molecule has 7 heteroatoms. The van der Waals surface area contributed by atoms with Crippen LogP contribution in [0.25, 0.3) is 0 Å². The third kappa shape index (κ3) is 6.82. The zero-order chi connectivity index (χ0) is 16.0. The first-order chi connectivity index (χ1) is 10.5. The van der Waals surface area contributed by atoms with Crippen LogP contribution in [0.3, 0.4) is 0 Å². The molecule has 2 N–H and O–H groups in total. The highest BCUT2D eigenvalue weighted by atomic mass is 127. The van der Waals surface area contributed by atoms with Crippen LogP contribution in [0.2, 0.25) is 0 Å². The van der Waals surface area contributed by atoms with E-state index in [4.69, 9.17) is 0 Å². The van der Waals surface area contributed by atoms with Gasteiger partial charge >= 0.3 is 0 Å². The molecule has 0 spiro atoms. The van der Waals surface area contributed by atoms with E-state index < -0.39 is 11.6 Å². The largest absolute Gasteiger partial charge is 0.356 e. The quantitative estimate of drug-likeness (QED) is 0.405. The van der Waals surface area contributed by atoms with Crippen molar-refractivity contribution in [3.8, 4) is 0 Å². The first kappa shape index (κ1) is 20.5. The Morgan fingerprint density at radius 3 is 2.52 bits per heavy atom. The SMILES string of the molecule is CN=C(NCCc1cc(F)cc(F)c1)NCC1(C)CCCS1.I. The van der Waals surface area contributed by atoms with Crippen LogP contribution in [0.5, 0.6) is 0 Å². The summed E-state index contributed by atoms with van der Waals surface area (Å²) in [4.78, 5) is 4.18. The normalized spacial score (nSPS) is 21.0. The van der Waals surface area contributed by atoms with Crippen LogP contribution >= 0.6 is 35.7 Å². The summed E-state index contributed by atoms with van der Waals surface area (Å²) < 4.78 is 26.5. The van der Waals surface area contributed by atoms with E-state index in [1.807, 2.05) is 11.8 Å². The van der Waals surface area contributed by atoms with Crippen LogP contribution in [-0.4, -0.2) is 36.6 Å². The van der Waals surface area contributed by atoms with E-state index in [0.29, 0.717) is 18.5 Å². The Kier molecular flexibility index (Phi) is 8.60. The smallest absolute Gasteiger partial charge is 0.191 e. The average Bonchev–Trinajstić information content (AvgIpc) is 2.89. The molecule has 1 aliphatic heterocycles. The molecule has 1 saturated heterocycles. The number of nitrogens with zero attached hydrogens (tertiary/aromatic N) is 1. The lowest BCUT2D eigenvalue weighted by Crippen LogP contribution is -2.44. The van der Waals surface area contributed by atoms with Crippen LogP contribution < -0.4 is 10.6 Å². The minimum atomic E-state index is -0.538.